The number of primary amides is 1. The first-order valence-electron chi connectivity index (χ1n) is 6.07. The minimum Gasteiger partial charge on any atom is -0.474 e. The van der Waals surface area contributed by atoms with E-state index in [2.05, 4.69) is 4.98 Å². The maximum atomic E-state index is 12.6. The van der Waals surface area contributed by atoms with Crippen molar-refractivity contribution < 1.29 is 22.7 Å². The van der Waals surface area contributed by atoms with Crippen molar-refractivity contribution in [2.45, 2.75) is 37.6 Å². The molecule has 20 heavy (non-hydrogen) atoms. The Morgan fingerprint density at radius 2 is 2.05 bits per heavy atom. The van der Waals surface area contributed by atoms with Crippen LogP contribution in [0.5, 0.6) is 5.88 Å². The third-order valence-electron chi connectivity index (χ3n) is 3.12. The van der Waals surface area contributed by atoms with Gasteiger partial charge in [-0.05, 0) is 31.4 Å². The van der Waals surface area contributed by atoms with Crippen LogP contribution >= 0.6 is 0 Å². The number of hydrogen-bond acceptors (Lipinski definition) is 4. The fourth-order valence-electron chi connectivity index (χ4n) is 2.11. The van der Waals surface area contributed by atoms with E-state index in [9.17, 15) is 18.0 Å². The summed E-state index contributed by atoms with van der Waals surface area (Å²) in [5.74, 6) is -1.27. The second-order valence-corrected chi connectivity index (χ2v) is 4.72. The Balaban J connectivity index is 2.30. The summed E-state index contributed by atoms with van der Waals surface area (Å²) in [7, 11) is 0. The highest BCUT2D eigenvalue weighted by Gasteiger charge is 2.34. The van der Waals surface area contributed by atoms with E-state index in [1.54, 1.807) is 0 Å². The number of carbonyl (C=O) groups excluding carboxylic acids is 1. The van der Waals surface area contributed by atoms with Gasteiger partial charge < -0.3 is 16.2 Å². The number of amides is 1. The number of aromatic nitrogens is 1. The quantitative estimate of drug-likeness (QED) is 0.881. The summed E-state index contributed by atoms with van der Waals surface area (Å²) in [6.45, 7) is 0. The largest absolute Gasteiger partial charge is 0.474 e. The maximum Gasteiger partial charge on any atom is 0.433 e. The molecule has 2 rings (SSSR count). The predicted octanol–water partition coefficient (Wildman–Crippen LogP) is 1.46. The van der Waals surface area contributed by atoms with E-state index in [0.717, 1.165) is 12.5 Å². The van der Waals surface area contributed by atoms with Crippen LogP contribution in [0.2, 0.25) is 0 Å². The second kappa shape index (κ2) is 5.28. The van der Waals surface area contributed by atoms with Crippen molar-refractivity contribution in [1.29, 1.82) is 0 Å². The minimum atomic E-state index is -4.61. The molecule has 0 saturated heterocycles. The number of pyridine rings is 1. The number of ether oxygens (including phenoxy) is 1. The molecule has 1 fully saturated rings. The van der Waals surface area contributed by atoms with E-state index in [1.807, 2.05) is 0 Å². The third kappa shape index (κ3) is 3.19. The van der Waals surface area contributed by atoms with Gasteiger partial charge in [0.25, 0.3) is 5.91 Å². The molecular weight excluding hydrogens is 275 g/mol. The number of nitrogens with two attached hydrogens (primary N) is 2. The minimum absolute atomic E-state index is 0.0529. The van der Waals surface area contributed by atoms with Gasteiger partial charge in [0.05, 0.1) is 0 Å². The van der Waals surface area contributed by atoms with E-state index in [1.165, 1.54) is 0 Å². The van der Waals surface area contributed by atoms with Crippen molar-refractivity contribution in [3.8, 4) is 5.88 Å². The van der Waals surface area contributed by atoms with Crippen LogP contribution in [-0.4, -0.2) is 23.0 Å². The molecule has 1 aromatic rings. The highest BCUT2D eigenvalue weighted by Crippen LogP contribution is 2.31. The fourth-order valence-corrected chi connectivity index (χ4v) is 2.11. The Kier molecular flexibility index (Phi) is 3.85. The maximum absolute atomic E-state index is 12.6. The number of halogens is 3. The van der Waals surface area contributed by atoms with Crippen LogP contribution in [0.15, 0.2) is 12.1 Å². The summed E-state index contributed by atoms with van der Waals surface area (Å²) in [6, 6.07) is 1.62. The Labute approximate surface area is 113 Å². The lowest BCUT2D eigenvalue weighted by molar-refractivity contribution is -0.141. The molecule has 2 unspecified atom stereocenters. The van der Waals surface area contributed by atoms with Crippen LogP contribution in [0.3, 0.4) is 0 Å². The number of rotatable bonds is 3. The SMILES string of the molecule is NC(=O)c1ccc(C(F)(F)F)nc1OC1CCC(N)C1. The zero-order valence-electron chi connectivity index (χ0n) is 10.5. The Hall–Kier alpha value is -1.83. The van der Waals surface area contributed by atoms with Crippen LogP contribution in [0.4, 0.5) is 13.2 Å². The lowest BCUT2D eigenvalue weighted by atomic mass is 10.2. The van der Waals surface area contributed by atoms with Gasteiger partial charge in [-0.1, -0.05) is 0 Å². The van der Waals surface area contributed by atoms with Crippen LogP contribution in [0.25, 0.3) is 0 Å². The summed E-state index contributed by atoms with van der Waals surface area (Å²) < 4.78 is 43.2. The molecule has 110 valence electrons. The monoisotopic (exact) mass is 289 g/mol. The van der Waals surface area contributed by atoms with E-state index >= 15 is 0 Å². The predicted molar refractivity (Wildman–Crippen MR) is 64.0 cm³/mol. The van der Waals surface area contributed by atoms with Crippen molar-refractivity contribution >= 4 is 5.91 Å². The molecule has 1 amide bonds. The van der Waals surface area contributed by atoms with Crippen molar-refractivity contribution in [2.75, 3.05) is 0 Å². The van der Waals surface area contributed by atoms with Crippen molar-refractivity contribution in [3.63, 3.8) is 0 Å². The van der Waals surface area contributed by atoms with E-state index < -0.39 is 17.8 Å². The molecule has 1 aliphatic rings. The lowest BCUT2D eigenvalue weighted by Crippen LogP contribution is -2.22. The van der Waals surface area contributed by atoms with Gasteiger partial charge in [-0.15, -0.1) is 0 Å². The first-order valence-corrected chi connectivity index (χ1v) is 6.07. The summed E-state index contributed by atoms with van der Waals surface area (Å²) in [4.78, 5) is 14.6. The molecule has 0 spiro atoms. The molecule has 4 N–H and O–H groups in total. The number of nitrogens with zero attached hydrogens (tertiary/aromatic N) is 1. The number of alkyl halides is 3. The van der Waals surface area contributed by atoms with Crippen molar-refractivity contribution in [3.05, 3.63) is 23.4 Å². The normalized spacial score (nSPS) is 22.8. The van der Waals surface area contributed by atoms with Gasteiger partial charge in [0.1, 0.15) is 17.4 Å². The average Bonchev–Trinajstić information content (AvgIpc) is 2.73. The van der Waals surface area contributed by atoms with Gasteiger partial charge >= 0.3 is 6.18 Å². The lowest BCUT2D eigenvalue weighted by Gasteiger charge is -2.16. The molecule has 0 aliphatic heterocycles. The van der Waals surface area contributed by atoms with Crippen LogP contribution < -0.4 is 16.2 Å². The average molecular weight is 289 g/mol. The Morgan fingerprint density at radius 1 is 1.35 bits per heavy atom. The molecule has 8 heteroatoms. The Bertz CT molecular complexity index is 519. The van der Waals surface area contributed by atoms with Gasteiger partial charge in [0.2, 0.25) is 5.88 Å². The smallest absolute Gasteiger partial charge is 0.433 e. The highest BCUT2D eigenvalue weighted by atomic mass is 19.4. The van der Waals surface area contributed by atoms with Gasteiger partial charge in [-0.3, -0.25) is 4.79 Å². The van der Waals surface area contributed by atoms with E-state index in [-0.39, 0.29) is 23.6 Å². The summed E-state index contributed by atoms with van der Waals surface area (Å²) in [5.41, 5.74) is 9.52. The number of hydrogen-bond donors (Lipinski definition) is 2. The van der Waals surface area contributed by atoms with Crippen LogP contribution in [-0.2, 0) is 6.18 Å². The summed E-state index contributed by atoms with van der Waals surface area (Å²) >= 11 is 0. The standard InChI is InChI=1S/C12H14F3N3O2/c13-12(14,15)9-4-3-8(10(17)19)11(18-9)20-7-2-1-6(16)5-7/h3-4,6-7H,1-2,5,16H2,(H2,17,19). The Morgan fingerprint density at radius 3 is 2.55 bits per heavy atom. The van der Waals surface area contributed by atoms with Crippen LogP contribution in [0.1, 0.15) is 35.3 Å². The molecule has 1 heterocycles. The van der Waals surface area contributed by atoms with Gasteiger partial charge in [-0.25, -0.2) is 4.98 Å². The molecule has 1 aromatic heterocycles. The first-order chi connectivity index (χ1) is 9.27. The van der Waals surface area contributed by atoms with Crippen molar-refractivity contribution in [2.24, 2.45) is 11.5 Å². The highest BCUT2D eigenvalue weighted by molar-refractivity contribution is 5.95. The fraction of sp³-hybridized carbons (Fsp3) is 0.500. The summed E-state index contributed by atoms with van der Waals surface area (Å²) in [6.07, 6.45) is -3.12. The second-order valence-electron chi connectivity index (χ2n) is 4.72. The molecular formula is C12H14F3N3O2. The van der Waals surface area contributed by atoms with Crippen LogP contribution in [0, 0.1) is 0 Å². The zero-order valence-corrected chi connectivity index (χ0v) is 10.5. The molecule has 2 atom stereocenters. The van der Waals surface area contributed by atoms with Gasteiger partial charge in [0.15, 0.2) is 0 Å². The molecule has 1 saturated carbocycles. The molecule has 0 radical (unpaired) electrons. The van der Waals surface area contributed by atoms with Gasteiger partial charge in [0, 0.05) is 6.04 Å². The van der Waals surface area contributed by atoms with E-state index in [0.29, 0.717) is 18.9 Å². The molecule has 5 nitrogen and oxygen atoms in total. The molecule has 0 bridgehead atoms. The summed E-state index contributed by atoms with van der Waals surface area (Å²) in [5, 5.41) is 0. The van der Waals surface area contributed by atoms with Gasteiger partial charge in [-0.2, -0.15) is 13.2 Å². The van der Waals surface area contributed by atoms with E-state index in [4.69, 9.17) is 16.2 Å². The van der Waals surface area contributed by atoms with Crippen molar-refractivity contribution in [1.82, 2.24) is 4.98 Å². The molecule has 0 aromatic carbocycles. The number of carbonyl (C=O) groups is 1. The molecule has 1 aliphatic carbocycles. The topological polar surface area (TPSA) is 91.2 Å². The first kappa shape index (κ1) is 14.6. The third-order valence-corrected chi connectivity index (χ3v) is 3.12. The zero-order chi connectivity index (χ0) is 14.9.